The van der Waals surface area contributed by atoms with Gasteiger partial charge in [-0.1, -0.05) is 65.1 Å². The molecule has 32 heavy (non-hydrogen) atoms. The Bertz CT molecular complexity index is 1080. The van der Waals surface area contributed by atoms with E-state index in [0.29, 0.717) is 41.1 Å². The molecule has 3 aromatic rings. The molecule has 4 nitrogen and oxygen atoms in total. The SMILES string of the molecule is O=C(c1ccc(COc2ccc(Cl)cc2Cl)cc1)N1CCN(Cc2ccccc2Cl)CC1. The topological polar surface area (TPSA) is 32.8 Å². The first-order valence-electron chi connectivity index (χ1n) is 10.4. The summed E-state index contributed by atoms with van der Waals surface area (Å²) >= 11 is 18.3. The van der Waals surface area contributed by atoms with Gasteiger partial charge in [0, 0.05) is 48.3 Å². The fourth-order valence-electron chi connectivity index (χ4n) is 3.66. The Morgan fingerprint density at radius 1 is 0.844 bits per heavy atom. The summed E-state index contributed by atoms with van der Waals surface area (Å²) in [5.74, 6) is 0.626. The van der Waals surface area contributed by atoms with Crippen molar-refractivity contribution in [3.05, 3.63) is 98.5 Å². The van der Waals surface area contributed by atoms with Crippen LogP contribution in [0.1, 0.15) is 21.5 Å². The number of hydrogen-bond acceptors (Lipinski definition) is 3. The molecule has 0 spiro atoms. The number of rotatable bonds is 6. The number of carbonyl (C=O) groups excluding carboxylic acids is 1. The van der Waals surface area contributed by atoms with Gasteiger partial charge in [-0.05, 0) is 47.5 Å². The van der Waals surface area contributed by atoms with Crippen molar-refractivity contribution in [1.29, 1.82) is 0 Å². The molecular formula is C25H23Cl3N2O2. The highest BCUT2D eigenvalue weighted by molar-refractivity contribution is 6.35. The summed E-state index contributed by atoms with van der Waals surface area (Å²) in [6.45, 7) is 4.20. The van der Waals surface area contributed by atoms with Crippen LogP contribution in [0.3, 0.4) is 0 Å². The molecule has 3 aromatic carbocycles. The van der Waals surface area contributed by atoms with E-state index < -0.39 is 0 Å². The van der Waals surface area contributed by atoms with E-state index in [9.17, 15) is 4.79 Å². The Balaban J connectivity index is 1.29. The number of carbonyl (C=O) groups is 1. The molecule has 1 fully saturated rings. The van der Waals surface area contributed by atoms with E-state index in [-0.39, 0.29) is 5.91 Å². The second-order valence-corrected chi connectivity index (χ2v) is 8.97. The zero-order chi connectivity index (χ0) is 22.5. The van der Waals surface area contributed by atoms with Crippen LogP contribution in [0, 0.1) is 0 Å². The second-order valence-electron chi connectivity index (χ2n) is 7.72. The zero-order valence-corrected chi connectivity index (χ0v) is 19.7. The van der Waals surface area contributed by atoms with Gasteiger partial charge < -0.3 is 9.64 Å². The lowest BCUT2D eigenvalue weighted by Gasteiger charge is -2.35. The number of nitrogens with zero attached hydrogens (tertiary/aromatic N) is 2. The number of halogens is 3. The molecule has 0 unspecified atom stereocenters. The standard InChI is InChI=1S/C25H23Cl3N2O2/c26-21-9-10-24(23(28)15-21)32-17-18-5-7-19(8-6-18)25(31)30-13-11-29(12-14-30)16-20-3-1-2-4-22(20)27/h1-10,15H,11-14,16-17H2. The van der Waals surface area contributed by atoms with Crippen LogP contribution < -0.4 is 4.74 Å². The van der Waals surface area contributed by atoms with E-state index in [1.54, 1.807) is 18.2 Å². The smallest absolute Gasteiger partial charge is 0.253 e. The first kappa shape index (κ1) is 22.9. The fraction of sp³-hybridized carbons (Fsp3) is 0.240. The Hall–Kier alpha value is -2.24. The monoisotopic (exact) mass is 488 g/mol. The van der Waals surface area contributed by atoms with Gasteiger partial charge in [0.1, 0.15) is 12.4 Å². The van der Waals surface area contributed by atoms with Crippen molar-refractivity contribution in [2.75, 3.05) is 26.2 Å². The molecule has 0 N–H and O–H groups in total. The molecule has 0 radical (unpaired) electrons. The van der Waals surface area contributed by atoms with Gasteiger partial charge in [0.2, 0.25) is 0 Å². The summed E-state index contributed by atoms with van der Waals surface area (Å²) in [4.78, 5) is 17.1. The van der Waals surface area contributed by atoms with Crippen LogP contribution in [-0.2, 0) is 13.2 Å². The van der Waals surface area contributed by atoms with Crippen molar-refractivity contribution in [1.82, 2.24) is 9.80 Å². The predicted octanol–water partition coefficient (Wildman–Crippen LogP) is 6.18. The van der Waals surface area contributed by atoms with E-state index in [1.165, 1.54) is 0 Å². The van der Waals surface area contributed by atoms with Gasteiger partial charge in [0.25, 0.3) is 5.91 Å². The average molecular weight is 490 g/mol. The minimum Gasteiger partial charge on any atom is -0.487 e. The summed E-state index contributed by atoms with van der Waals surface area (Å²) in [7, 11) is 0. The third-order valence-corrected chi connectivity index (χ3v) is 6.40. The normalized spacial score (nSPS) is 14.4. The molecule has 1 aliphatic heterocycles. The fourth-order valence-corrected chi connectivity index (χ4v) is 4.31. The van der Waals surface area contributed by atoms with E-state index in [2.05, 4.69) is 4.90 Å². The molecule has 0 atom stereocenters. The summed E-state index contributed by atoms with van der Waals surface area (Å²) in [5.41, 5.74) is 2.75. The minimum atomic E-state index is 0.0515. The minimum absolute atomic E-state index is 0.0515. The maximum Gasteiger partial charge on any atom is 0.253 e. The Kier molecular flexibility index (Phi) is 7.59. The number of benzene rings is 3. The van der Waals surface area contributed by atoms with Gasteiger partial charge in [-0.25, -0.2) is 0 Å². The maximum absolute atomic E-state index is 12.9. The first-order chi connectivity index (χ1) is 15.5. The van der Waals surface area contributed by atoms with Crippen LogP contribution in [-0.4, -0.2) is 41.9 Å². The van der Waals surface area contributed by atoms with E-state index in [1.807, 2.05) is 53.4 Å². The molecule has 0 aromatic heterocycles. The van der Waals surface area contributed by atoms with Crippen molar-refractivity contribution in [3.63, 3.8) is 0 Å². The van der Waals surface area contributed by atoms with Crippen LogP contribution in [0.5, 0.6) is 5.75 Å². The van der Waals surface area contributed by atoms with Crippen molar-refractivity contribution < 1.29 is 9.53 Å². The van der Waals surface area contributed by atoms with Crippen molar-refractivity contribution in [2.45, 2.75) is 13.2 Å². The van der Waals surface area contributed by atoms with Crippen LogP contribution in [0.15, 0.2) is 66.7 Å². The molecule has 0 saturated carbocycles. The molecule has 166 valence electrons. The summed E-state index contributed by atoms with van der Waals surface area (Å²) in [6.07, 6.45) is 0. The summed E-state index contributed by atoms with van der Waals surface area (Å²) in [5, 5.41) is 1.82. The van der Waals surface area contributed by atoms with Gasteiger partial charge in [-0.15, -0.1) is 0 Å². The lowest BCUT2D eigenvalue weighted by molar-refractivity contribution is 0.0628. The van der Waals surface area contributed by atoms with E-state index in [0.717, 1.165) is 35.8 Å². The number of hydrogen-bond donors (Lipinski definition) is 0. The van der Waals surface area contributed by atoms with Crippen LogP contribution in [0.4, 0.5) is 0 Å². The van der Waals surface area contributed by atoms with Gasteiger partial charge in [-0.2, -0.15) is 0 Å². The van der Waals surface area contributed by atoms with Gasteiger partial charge >= 0.3 is 0 Å². The molecular weight excluding hydrogens is 467 g/mol. The molecule has 7 heteroatoms. The Morgan fingerprint density at radius 3 is 2.25 bits per heavy atom. The van der Waals surface area contributed by atoms with Gasteiger partial charge in [0.15, 0.2) is 0 Å². The van der Waals surface area contributed by atoms with Gasteiger partial charge in [0.05, 0.1) is 5.02 Å². The Morgan fingerprint density at radius 2 is 1.56 bits per heavy atom. The van der Waals surface area contributed by atoms with Gasteiger partial charge in [-0.3, -0.25) is 9.69 Å². The number of ether oxygens (including phenoxy) is 1. The predicted molar refractivity (Wildman–Crippen MR) is 130 cm³/mol. The Labute approximate surface area is 203 Å². The molecule has 0 bridgehead atoms. The summed E-state index contributed by atoms with van der Waals surface area (Å²) in [6, 6.07) is 20.5. The molecule has 1 saturated heterocycles. The quantitative estimate of drug-likeness (QED) is 0.414. The van der Waals surface area contributed by atoms with Crippen LogP contribution in [0.2, 0.25) is 15.1 Å². The van der Waals surface area contributed by atoms with E-state index in [4.69, 9.17) is 39.5 Å². The largest absolute Gasteiger partial charge is 0.487 e. The third-order valence-electron chi connectivity index (χ3n) is 5.50. The lowest BCUT2D eigenvalue weighted by atomic mass is 10.1. The molecule has 1 amide bonds. The third kappa shape index (κ3) is 5.76. The lowest BCUT2D eigenvalue weighted by Crippen LogP contribution is -2.48. The van der Waals surface area contributed by atoms with Crippen molar-refractivity contribution in [2.24, 2.45) is 0 Å². The number of piperazine rings is 1. The highest BCUT2D eigenvalue weighted by Gasteiger charge is 2.22. The highest BCUT2D eigenvalue weighted by atomic mass is 35.5. The van der Waals surface area contributed by atoms with Crippen molar-refractivity contribution >= 4 is 40.7 Å². The molecule has 0 aliphatic carbocycles. The molecule has 4 rings (SSSR count). The maximum atomic E-state index is 12.9. The first-order valence-corrected chi connectivity index (χ1v) is 11.5. The summed E-state index contributed by atoms with van der Waals surface area (Å²) < 4.78 is 5.76. The second kappa shape index (κ2) is 10.6. The number of amides is 1. The van der Waals surface area contributed by atoms with E-state index >= 15 is 0 Å². The average Bonchev–Trinajstić information content (AvgIpc) is 2.80. The molecule has 1 heterocycles. The van der Waals surface area contributed by atoms with Crippen LogP contribution in [0.25, 0.3) is 0 Å². The zero-order valence-electron chi connectivity index (χ0n) is 17.4. The molecule has 1 aliphatic rings. The van der Waals surface area contributed by atoms with Crippen molar-refractivity contribution in [3.8, 4) is 5.75 Å². The van der Waals surface area contributed by atoms with Crippen LogP contribution >= 0.6 is 34.8 Å². The highest BCUT2D eigenvalue weighted by Crippen LogP contribution is 2.28.